The third-order valence-electron chi connectivity index (χ3n) is 6.65. The molecule has 5 nitrogen and oxygen atoms in total. The van der Waals surface area contributed by atoms with E-state index in [2.05, 4.69) is 31.0 Å². The number of hydrogen-bond donors (Lipinski definition) is 1. The zero-order valence-electron chi connectivity index (χ0n) is 19.2. The number of benzene rings is 2. The Bertz CT molecular complexity index is 1100. The van der Waals surface area contributed by atoms with Crippen LogP contribution in [0.25, 0.3) is 11.5 Å². The molecule has 0 bridgehead atoms. The number of nitrogens with zero attached hydrogens (tertiary/aromatic N) is 1. The number of rotatable bonds is 8. The molecule has 0 aliphatic heterocycles. The highest BCUT2D eigenvalue weighted by Crippen LogP contribution is 2.50. The monoisotopic (exact) mass is 433 g/mol. The van der Waals surface area contributed by atoms with Gasteiger partial charge >= 0.3 is 5.97 Å². The maximum atomic E-state index is 11.8. The molecule has 4 rings (SSSR count). The van der Waals surface area contributed by atoms with Crippen LogP contribution in [-0.4, -0.2) is 22.7 Å². The highest BCUT2D eigenvalue weighted by molar-refractivity contribution is 5.72. The van der Waals surface area contributed by atoms with Crippen LogP contribution >= 0.6 is 0 Å². The highest BCUT2D eigenvalue weighted by atomic mass is 16.5. The lowest BCUT2D eigenvalue weighted by Gasteiger charge is -2.22. The number of oxazole rings is 1. The summed E-state index contributed by atoms with van der Waals surface area (Å²) in [6, 6.07) is 16.0. The SMILES string of the molecule is CC[C@H](C(=O)O)C1CC(C)(C)c2cc(OCCc3nc(-c4ccccc4)oc3C)ccc21. The second-order valence-electron chi connectivity index (χ2n) is 9.28. The fourth-order valence-corrected chi connectivity index (χ4v) is 4.92. The summed E-state index contributed by atoms with van der Waals surface area (Å²) in [5.41, 5.74) is 4.14. The van der Waals surface area contributed by atoms with Crippen LogP contribution in [0.2, 0.25) is 0 Å². The van der Waals surface area contributed by atoms with Crippen molar-refractivity contribution in [2.75, 3.05) is 6.61 Å². The van der Waals surface area contributed by atoms with E-state index in [4.69, 9.17) is 9.15 Å². The molecule has 1 N–H and O–H groups in total. The van der Waals surface area contributed by atoms with Gasteiger partial charge in [0.05, 0.1) is 18.2 Å². The number of carboxylic acids is 1. The van der Waals surface area contributed by atoms with Crippen LogP contribution in [0.1, 0.15) is 62.1 Å². The normalized spacial score (nSPS) is 17.7. The number of aliphatic carboxylic acids is 1. The van der Waals surface area contributed by atoms with Crippen molar-refractivity contribution in [2.24, 2.45) is 5.92 Å². The lowest BCUT2D eigenvalue weighted by molar-refractivity contribution is -0.142. The predicted molar refractivity (Wildman–Crippen MR) is 124 cm³/mol. The summed E-state index contributed by atoms with van der Waals surface area (Å²) in [6.07, 6.45) is 2.13. The Kier molecular flexibility index (Phi) is 6.09. The van der Waals surface area contributed by atoms with Gasteiger partial charge in [0, 0.05) is 12.0 Å². The summed E-state index contributed by atoms with van der Waals surface area (Å²) in [5.74, 6) is 1.24. The molecule has 2 atom stereocenters. The van der Waals surface area contributed by atoms with Gasteiger partial charge in [-0.25, -0.2) is 4.98 Å². The van der Waals surface area contributed by atoms with Gasteiger partial charge < -0.3 is 14.3 Å². The number of carbonyl (C=O) groups is 1. The van der Waals surface area contributed by atoms with Crippen molar-refractivity contribution >= 4 is 5.97 Å². The van der Waals surface area contributed by atoms with Crippen molar-refractivity contribution in [1.82, 2.24) is 4.98 Å². The van der Waals surface area contributed by atoms with E-state index in [0.717, 1.165) is 34.8 Å². The molecule has 5 heteroatoms. The standard InChI is InChI=1S/C27H31NO4/c1-5-20(26(29)30)22-16-27(3,4)23-15-19(11-12-21(22)23)31-14-13-24-17(2)32-25(28-24)18-9-7-6-8-10-18/h6-12,15,20,22H,5,13-14,16H2,1-4H3,(H,29,30)/t20-,22?/m0/s1. The first-order chi connectivity index (χ1) is 15.3. The van der Waals surface area contributed by atoms with Crippen molar-refractivity contribution in [1.29, 1.82) is 0 Å². The molecule has 1 unspecified atom stereocenters. The first-order valence-corrected chi connectivity index (χ1v) is 11.3. The smallest absolute Gasteiger partial charge is 0.307 e. The maximum absolute atomic E-state index is 11.8. The summed E-state index contributed by atoms with van der Waals surface area (Å²) in [7, 11) is 0. The number of carboxylic acid groups (broad SMARTS) is 1. The molecule has 0 radical (unpaired) electrons. The van der Waals surface area contributed by atoms with Crippen molar-refractivity contribution < 1.29 is 19.1 Å². The minimum absolute atomic E-state index is 0.0470. The Morgan fingerprint density at radius 2 is 2.00 bits per heavy atom. The topological polar surface area (TPSA) is 72.6 Å². The lowest BCUT2D eigenvalue weighted by atomic mass is 9.82. The molecule has 0 fully saturated rings. The maximum Gasteiger partial charge on any atom is 0.307 e. The predicted octanol–water partition coefficient (Wildman–Crippen LogP) is 6.15. The molecule has 0 spiro atoms. The molecule has 3 aromatic rings. The van der Waals surface area contributed by atoms with E-state index in [1.807, 2.05) is 50.2 Å². The van der Waals surface area contributed by atoms with E-state index in [1.165, 1.54) is 5.56 Å². The van der Waals surface area contributed by atoms with E-state index >= 15 is 0 Å². The third kappa shape index (κ3) is 4.29. The fourth-order valence-electron chi connectivity index (χ4n) is 4.92. The average molecular weight is 434 g/mol. The van der Waals surface area contributed by atoms with Gasteiger partial charge in [-0.3, -0.25) is 4.79 Å². The summed E-state index contributed by atoms with van der Waals surface area (Å²) in [6.45, 7) is 8.76. The summed E-state index contributed by atoms with van der Waals surface area (Å²) < 4.78 is 11.9. The summed E-state index contributed by atoms with van der Waals surface area (Å²) >= 11 is 0. The van der Waals surface area contributed by atoms with Crippen LogP contribution in [0, 0.1) is 12.8 Å². The fraction of sp³-hybridized carbons (Fsp3) is 0.407. The van der Waals surface area contributed by atoms with E-state index < -0.39 is 5.97 Å². The molecule has 1 aromatic heterocycles. The quantitative estimate of drug-likeness (QED) is 0.461. The molecule has 1 heterocycles. The molecule has 168 valence electrons. The van der Waals surface area contributed by atoms with E-state index in [0.29, 0.717) is 25.3 Å². The van der Waals surface area contributed by atoms with Gasteiger partial charge in [-0.1, -0.05) is 45.0 Å². The zero-order chi connectivity index (χ0) is 22.9. The van der Waals surface area contributed by atoms with Crippen molar-refractivity contribution in [3.63, 3.8) is 0 Å². The minimum Gasteiger partial charge on any atom is -0.493 e. The Balaban J connectivity index is 1.46. The Morgan fingerprint density at radius 1 is 1.25 bits per heavy atom. The highest BCUT2D eigenvalue weighted by Gasteiger charge is 2.42. The van der Waals surface area contributed by atoms with Crippen LogP contribution in [0.15, 0.2) is 52.9 Å². The van der Waals surface area contributed by atoms with Crippen LogP contribution < -0.4 is 4.74 Å². The minimum atomic E-state index is -0.709. The number of aromatic nitrogens is 1. The van der Waals surface area contributed by atoms with E-state index in [9.17, 15) is 9.90 Å². The van der Waals surface area contributed by atoms with Gasteiger partial charge in [0.25, 0.3) is 0 Å². The molecule has 1 aliphatic carbocycles. The van der Waals surface area contributed by atoms with Gasteiger partial charge in [-0.05, 0) is 66.5 Å². The van der Waals surface area contributed by atoms with Gasteiger partial charge in [0.2, 0.25) is 5.89 Å². The van der Waals surface area contributed by atoms with E-state index in [1.54, 1.807) is 0 Å². The zero-order valence-corrected chi connectivity index (χ0v) is 19.2. The van der Waals surface area contributed by atoms with Gasteiger partial charge in [0.1, 0.15) is 11.5 Å². The van der Waals surface area contributed by atoms with Crippen molar-refractivity contribution in [2.45, 2.75) is 58.3 Å². The summed E-state index contributed by atoms with van der Waals surface area (Å²) in [5, 5.41) is 9.67. The first kappa shape index (κ1) is 22.1. The molecular weight excluding hydrogens is 402 g/mol. The Hall–Kier alpha value is -3.08. The molecule has 2 aromatic carbocycles. The molecule has 0 amide bonds. The number of hydrogen-bond acceptors (Lipinski definition) is 4. The number of aryl methyl sites for hydroxylation is 1. The van der Waals surface area contributed by atoms with Crippen molar-refractivity contribution in [3.8, 4) is 17.2 Å². The molecule has 1 aliphatic rings. The molecule has 0 saturated carbocycles. The lowest BCUT2D eigenvalue weighted by Crippen LogP contribution is -2.21. The van der Waals surface area contributed by atoms with Gasteiger partial charge in [-0.2, -0.15) is 0 Å². The van der Waals surface area contributed by atoms with Gasteiger partial charge in [0.15, 0.2) is 0 Å². The molecular formula is C27H31NO4. The second kappa shape index (κ2) is 8.81. The van der Waals surface area contributed by atoms with Crippen LogP contribution in [-0.2, 0) is 16.6 Å². The summed E-state index contributed by atoms with van der Waals surface area (Å²) in [4.78, 5) is 16.4. The third-order valence-corrected chi connectivity index (χ3v) is 6.65. The molecule has 0 saturated heterocycles. The molecule has 32 heavy (non-hydrogen) atoms. The Labute approximate surface area is 189 Å². The Morgan fingerprint density at radius 3 is 2.69 bits per heavy atom. The van der Waals surface area contributed by atoms with E-state index in [-0.39, 0.29) is 17.3 Å². The number of fused-ring (bicyclic) bond motifs is 1. The average Bonchev–Trinajstić information content (AvgIpc) is 3.26. The largest absolute Gasteiger partial charge is 0.493 e. The number of ether oxygens (including phenoxy) is 1. The van der Waals surface area contributed by atoms with Gasteiger partial charge in [-0.15, -0.1) is 0 Å². The van der Waals surface area contributed by atoms with Crippen molar-refractivity contribution in [3.05, 3.63) is 71.1 Å². The van der Waals surface area contributed by atoms with Crippen LogP contribution in [0.5, 0.6) is 5.75 Å². The first-order valence-electron chi connectivity index (χ1n) is 11.3. The van der Waals surface area contributed by atoms with Crippen LogP contribution in [0.3, 0.4) is 0 Å². The second-order valence-corrected chi connectivity index (χ2v) is 9.28. The van der Waals surface area contributed by atoms with Crippen LogP contribution in [0.4, 0.5) is 0 Å².